The molecule has 0 aliphatic carbocycles. The zero-order chi connectivity index (χ0) is 12.1. The second-order valence-electron chi connectivity index (χ2n) is 3.62. The summed E-state index contributed by atoms with van der Waals surface area (Å²) in [4.78, 5) is 3.91. The smallest absolute Gasteiger partial charge is 0.165 e. The fourth-order valence-electron chi connectivity index (χ4n) is 1.47. The maximum absolute atomic E-state index is 13.5. The van der Waals surface area contributed by atoms with Crippen molar-refractivity contribution >= 4 is 0 Å². The van der Waals surface area contributed by atoms with Crippen molar-refractivity contribution in [2.24, 2.45) is 5.73 Å². The third kappa shape index (κ3) is 3.04. The van der Waals surface area contributed by atoms with Gasteiger partial charge in [0.2, 0.25) is 0 Å². The van der Waals surface area contributed by atoms with E-state index in [2.05, 4.69) is 4.98 Å². The van der Waals surface area contributed by atoms with Crippen LogP contribution in [0.2, 0.25) is 0 Å². The second kappa shape index (κ2) is 5.45. The molecule has 2 N–H and O–H groups in total. The Hall–Kier alpha value is -1.88. The van der Waals surface area contributed by atoms with Crippen molar-refractivity contribution < 1.29 is 9.13 Å². The Bertz CT molecular complexity index is 471. The number of hydrogen-bond donors (Lipinski definition) is 1. The van der Waals surface area contributed by atoms with Crippen molar-refractivity contribution in [2.75, 3.05) is 6.61 Å². The lowest BCUT2D eigenvalue weighted by Crippen LogP contribution is -2.07. The van der Waals surface area contributed by atoms with Gasteiger partial charge in [-0.3, -0.25) is 0 Å². The molecule has 0 saturated heterocycles. The third-order valence-electron chi connectivity index (χ3n) is 2.40. The Morgan fingerprint density at radius 2 is 2.29 bits per heavy atom. The van der Waals surface area contributed by atoms with Crippen LogP contribution < -0.4 is 10.5 Å². The number of nitrogens with zero attached hydrogens (tertiary/aromatic N) is 2. The van der Waals surface area contributed by atoms with Gasteiger partial charge in [-0.1, -0.05) is 6.07 Å². The first-order chi connectivity index (χ1) is 8.29. The highest BCUT2D eigenvalue weighted by Crippen LogP contribution is 2.18. The lowest BCUT2D eigenvalue weighted by molar-refractivity contribution is 0.284. The highest BCUT2D eigenvalue weighted by molar-refractivity contribution is 5.29. The van der Waals surface area contributed by atoms with E-state index in [9.17, 15) is 4.39 Å². The van der Waals surface area contributed by atoms with Crippen LogP contribution in [0.1, 0.15) is 5.56 Å². The van der Waals surface area contributed by atoms with Crippen molar-refractivity contribution in [3.63, 3.8) is 0 Å². The van der Waals surface area contributed by atoms with E-state index in [-0.39, 0.29) is 11.6 Å². The summed E-state index contributed by atoms with van der Waals surface area (Å²) in [6, 6.07) is 4.76. The molecule has 4 nitrogen and oxygen atoms in total. The average Bonchev–Trinajstić information content (AvgIpc) is 2.84. The van der Waals surface area contributed by atoms with Gasteiger partial charge in [-0.05, 0) is 17.7 Å². The summed E-state index contributed by atoms with van der Waals surface area (Å²) in [7, 11) is 0. The van der Waals surface area contributed by atoms with E-state index in [0.29, 0.717) is 19.7 Å². The van der Waals surface area contributed by atoms with Gasteiger partial charge in [0.15, 0.2) is 11.6 Å². The molecule has 90 valence electrons. The molecule has 0 bridgehead atoms. The molecule has 0 atom stereocenters. The van der Waals surface area contributed by atoms with Crippen molar-refractivity contribution in [1.29, 1.82) is 0 Å². The molecule has 0 aliphatic heterocycles. The summed E-state index contributed by atoms with van der Waals surface area (Å²) < 4.78 is 20.7. The highest BCUT2D eigenvalue weighted by atomic mass is 19.1. The Kier molecular flexibility index (Phi) is 3.72. The quantitative estimate of drug-likeness (QED) is 0.855. The van der Waals surface area contributed by atoms with Crippen LogP contribution in [0, 0.1) is 5.82 Å². The first-order valence-corrected chi connectivity index (χ1v) is 5.36. The average molecular weight is 235 g/mol. The van der Waals surface area contributed by atoms with E-state index in [1.54, 1.807) is 24.7 Å². The Labute approximate surface area is 98.8 Å². The number of aromatic nitrogens is 2. The molecule has 0 unspecified atom stereocenters. The molecule has 17 heavy (non-hydrogen) atoms. The first-order valence-electron chi connectivity index (χ1n) is 5.36. The van der Waals surface area contributed by atoms with E-state index in [1.165, 1.54) is 6.07 Å². The number of nitrogens with two attached hydrogens (primary N) is 1. The zero-order valence-electron chi connectivity index (χ0n) is 9.34. The molecule has 1 aromatic heterocycles. The monoisotopic (exact) mass is 235 g/mol. The van der Waals surface area contributed by atoms with E-state index in [4.69, 9.17) is 10.5 Å². The van der Waals surface area contributed by atoms with E-state index < -0.39 is 0 Å². The number of benzene rings is 1. The van der Waals surface area contributed by atoms with Gasteiger partial charge in [0.25, 0.3) is 0 Å². The van der Waals surface area contributed by atoms with Crippen molar-refractivity contribution in [1.82, 2.24) is 9.55 Å². The van der Waals surface area contributed by atoms with Crippen molar-refractivity contribution in [3.8, 4) is 5.75 Å². The van der Waals surface area contributed by atoms with Gasteiger partial charge in [-0.25, -0.2) is 9.37 Å². The summed E-state index contributed by atoms with van der Waals surface area (Å²) in [5.74, 6) is -0.124. The number of ether oxygens (including phenoxy) is 1. The largest absolute Gasteiger partial charge is 0.489 e. The Morgan fingerprint density at radius 3 is 2.94 bits per heavy atom. The van der Waals surface area contributed by atoms with Crippen LogP contribution in [0.3, 0.4) is 0 Å². The summed E-state index contributed by atoms with van der Waals surface area (Å²) in [6.07, 6.45) is 5.21. The highest BCUT2D eigenvalue weighted by Gasteiger charge is 2.03. The van der Waals surface area contributed by atoms with Crippen LogP contribution in [-0.2, 0) is 13.1 Å². The molecule has 0 saturated carbocycles. The van der Waals surface area contributed by atoms with E-state index in [0.717, 1.165) is 5.56 Å². The number of hydrogen-bond acceptors (Lipinski definition) is 3. The van der Waals surface area contributed by atoms with Gasteiger partial charge < -0.3 is 15.0 Å². The lowest BCUT2D eigenvalue weighted by Gasteiger charge is -2.08. The van der Waals surface area contributed by atoms with Crippen LogP contribution in [0.25, 0.3) is 0 Å². The molecule has 0 radical (unpaired) electrons. The van der Waals surface area contributed by atoms with Gasteiger partial charge in [-0.15, -0.1) is 0 Å². The molecule has 0 fully saturated rings. The van der Waals surface area contributed by atoms with Gasteiger partial charge in [0.1, 0.15) is 6.61 Å². The van der Waals surface area contributed by atoms with Crippen LogP contribution in [0.4, 0.5) is 4.39 Å². The SMILES string of the molecule is NCc1ccc(OCCn2ccnc2)c(F)c1. The topological polar surface area (TPSA) is 53.1 Å². The first kappa shape index (κ1) is 11.6. The normalized spacial score (nSPS) is 10.5. The molecule has 1 heterocycles. The molecule has 5 heteroatoms. The van der Waals surface area contributed by atoms with Crippen molar-refractivity contribution in [2.45, 2.75) is 13.1 Å². The zero-order valence-corrected chi connectivity index (χ0v) is 9.34. The predicted octanol–water partition coefficient (Wildman–Crippen LogP) is 1.56. The standard InChI is InChI=1S/C12H14FN3O/c13-11-7-10(8-14)1-2-12(11)17-6-5-16-4-3-15-9-16/h1-4,7,9H,5-6,8,14H2. The maximum atomic E-state index is 13.5. The minimum atomic E-state index is -0.376. The molecular formula is C12H14FN3O. The summed E-state index contributed by atoms with van der Waals surface area (Å²) in [6.45, 7) is 1.36. The van der Waals surface area contributed by atoms with Gasteiger partial charge in [-0.2, -0.15) is 0 Å². The third-order valence-corrected chi connectivity index (χ3v) is 2.40. The van der Waals surface area contributed by atoms with Crippen molar-refractivity contribution in [3.05, 3.63) is 48.3 Å². The van der Waals surface area contributed by atoms with E-state index in [1.807, 2.05) is 10.8 Å². The number of halogens is 1. The van der Waals surface area contributed by atoms with E-state index >= 15 is 0 Å². The minimum Gasteiger partial charge on any atom is -0.489 e. The summed E-state index contributed by atoms with van der Waals surface area (Å²) >= 11 is 0. The summed E-state index contributed by atoms with van der Waals surface area (Å²) in [5.41, 5.74) is 6.17. The number of rotatable bonds is 5. The Morgan fingerprint density at radius 1 is 1.41 bits per heavy atom. The van der Waals surface area contributed by atoms with Gasteiger partial charge in [0.05, 0.1) is 12.9 Å². The maximum Gasteiger partial charge on any atom is 0.165 e. The molecule has 0 aliphatic rings. The van der Waals surface area contributed by atoms with Gasteiger partial charge in [0, 0.05) is 18.9 Å². The van der Waals surface area contributed by atoms with Crippen LogP contribution >= 0.6 is 0 Å². The second-order valence-corrected chi connectivity index (χ2v) is 3.62. The molecule has 2 aromatic rings. The lowest BCUT2D eigenvalue weighted by atomic mass is 10.2. The fourth-order valence-corrected chi connectivity index (χ4v) is 1.47. The molecule has 1 aromatic carbocycles. The fraction of sp³-hybridized carbons (Fsp3) is 0.250. The van der Waals surface area contributed by atoms with Gasteiger partial charge >= 0.3 is 0 Å². The number of imidazole rings is 1. The Balaban J connectivity index is 1.90. The minimum absolute atomic E-state index is 0.252. The van der Waals surface area contributed by atoms with Crippen LogP contribution in [0.15, 0.2) is 36.9 Å². The molecule has 2 rings (SSSR count). The molecular weight excluding hydrogens is 221 g/mol. The van der Waals surface area contributed by atoms with Crippen LogP contribution in [0.5, 0.6) is 5.75 Å². The van der Waals surface area contributed by atoms with Crippen LogP contribution in [-0.4, -0.2) is 16.2 Å². The predicted molar refractivity (Wildman–Crippen MR) is 62.0 cm³/mol. The molecule has 0 amide bonds. The summed E-state index contributed by atoms with van der Waals surface area (Å²) in [5, 5.41) is 0. The molecule has 0 spiro atoms.